The highest BCUT2D eigenvalue weighted by atomic mass is 79.9. The Bertz CT molecular complexity index is 282. The van der Waals surface area contributed by atoms with E-state index in [0.29, 0.717) is 6.42 Å². The Morgan fingerprint density at radius 3 is 2.00 bits per heavy atom. The number of halogens is 1. The minimum atomic E-state index is 0.519. The molecular weight excluding hydrogens is 240 g/mol. The van der Waals surface area contributed by atoms with Crippen LogP contribution in [-0.4, -0.2) is 6.29 Å². The Labute approximate surface area is 94.7 Å². The van der Waals surface area contributed by atoms with E-state index in [2.05, 4.69) is 15.9 Å². The summed E-state index contributed by atoms with van der Waals surface area (Å²) < 4.78 is 1.08. The molecule has 0 unspecified atom stereocenters. The van der Waals surface area contributed by atoms with Crippen molar-refractivity contribution in [1.82, 2.24) is 0 Å². The fourth-order valence-electron chi connectivity index (χ4n) is 1.35. The van der Waals surface area contributed by atoms with Gasteiger partial charge in [0.25, 0.3) is 0 Å². The minimum Gasteiger partial charge on any atom is -0.303 e. The first kappa shape index (κ1) is 13.4. The van der Waals surface area contributed by atoms with Crippen molar-refractivity contribution in [3.8, 4) is 0 Å². The van der Waals surface area contributed by atoms with Crippen molar-refractivity contribution in [3.05, 3.63) is 33.3 Å². The largest absolute Gasteiger partial charge is 0.303 e. The van der Waals surface area contributed by atoms with Crippen molar-refractivity contribution in [3.63, 3.8) is 0 Å². The van der Waals surface area contributed by atoms with E-state index in [4.69, 9.17) is 0 Å². The van der Waals surface area contributed by atoms with Crippen LogP contribution in [0.2, 0.25) is 0 Å². The summed E-state index contributed by atoms with van der Waals surface area (Å²) in [6.45, 7) is 8.05. The molecule has 0 aliphatic carbocycles. The summed E-state index contributed by atoms with van der Waals surface area (Å²) in [6.07, 6.45) is 1.47. The van der Waals surface area contributed by atoms with E-state index in [1.54, 1.807) is 0 Å². The number of aldehydes is 1. The molecule has 0 aliphatic rings. The summed E-state index contributed by atoms with van der Waals surface area (Å²) in [7, 11) is 0. The van der Waals surface area contributed by atoms with Crippen molar-refractivity contribution < 1.29 is 4.79 Å². The highest BCUT2D eigenvalue weighted by molar-refractivity contribution is 9.10. The molecule has 0 aliphatic heterocycles. The molecule has 0 saturated carbocycles. The first-order chi connectivity index (χ1) is 6.65. The van der Waals surface area contributed by atoms with E-state index in [9.17, 15) is 4.79 Å². The molecule has 0 radical (unpaired) electrons. The Kier molecular flexibility index (Phi) is 6.46. The maximum Gasteiger partial charge on any atom is 0.124 e. The van der Waals surface area contributed by atoms with E-state index < -0.39 is 0 Å². The maximum absolute atomic E-state index is 10.4. The Balaban J connectivity index is 0.000000791. The van der Waals surface area contributed by atoms with Crippen molar-refractivity contribution in [2.45, 2.75) is 34.1 Å². The Morgan fingerprint density at radius 1 is 1.21 bits per heavy atom. The molecule has 0 heterocycles. The van der Waals surface area contributed by atoms with E-state index in [-0.39, 0.29) is 0 Å². The molecule has 0 saturated heterocycles. The van der Waals surface area contributed by atoms with Crippen LogP contribution in [0, 0.1) is 13.8 Å². The number of carbonyl (C=O) groups is 1. The lowest BCUT2D eigenvalue weighted by Crippen LogP contribution is -1.94. The first-order valence-corrected chi connectivity index (χ1v) is 5.63. The van der Waals surface area contributed by atoms with Crippen LogP contribution in [0.4, 0.5) is 0 Å². The molecule has 1 aromatic carbocycles. The molecule has 0 fully saturated rings. The predicted octanol–water partition coefficient (Wildman–Crippen LogP) is 3.83. The van der Waals surface area contributed by atoms with Gasteiger partial charge >= 0.3 is 0 Å². The number of rotatable bonds is 2. The second-order valence-electron chi connectivity index (χ2n) is 2.89. The van der Waals surface area contributed by atoms with Crippen molar-refractivity contribution in [2.75, 3.05) is 0 Å². The molecule has 0 spiro atoms. The van der Waals surface area contributed by atoms with Crippen LogP contribution < -0.4 is 0 Å². The molecule has 0 N–H and O–H groups in total. The lowest BCUT2D eigenvalue weighted by atomic mass is 10.0. The number of aryl methyl sites for hydroxylation is 2. The van der Waals surface area contributed by atoms with Crippen LogP contribution in [0.1, 0.15) is 30.5 Å². The average molecular weight is 257 g/mol. The lowest BCUT2D eigenvalue weighted by Gasteiger charge is -2.06. The minimum absolute atomic E-state index is 0.519. The molecule has 0 atom stereocenters. The summed E-state index contributed by atoms with van der Waals surface area (Å²) in [5.41, 5.74) is 3.50. The third-order valence-electron chi connectivity index (χ3n) is 1.95. The van der Waals surface area contributed by atoms with Gasteiger partial charge in [0, 0.05) is 10.9 Å². The monoisotopic (exact) mass is 256 g/mol. The molecular formula is C12H17BrO. The van der Waals surface area contributed by atoms with Gasteiger partial charge in [-0.05, 0) is 42.7 Å². The van der Waals surface area contributed by atoms with Gasteiger partial charge in [0.1, 0.15) is 6.29 Å². The molecule has 0 amide bonds. The van der Waals surface area contributed by atoms with Crippen LogP contribution in [0.25, 0.3) is 0 Å². The molecule has 0 aromatic heterocycles. The average Bonchev–Trinajstić information content (AvgIpc) is 2.14. The topological polar surface area (TPSA) is 17.1 Å². The van der Waals surface area contributed by atoms with Crippen LogP contribution in [-0.2, 0) is 11.2 Å². The van der Waals surface area contributed by atoms with Gasteiger partial charge in [-0.3, -0.25) is 0 Å². The second kappa shape index (κ2) is 6.77. The molecule has 1 rings (SSSR count). The lowest BCUT2D eigenvalue weighted by molar-refractivity contribution is -0.107. The number of benzene rings is 1. The van der Waals surface area contributed by atoms with Gasteiger partial charge in [0.05, 0.1) is 0 Å². The van der Waals surface area contributed by atoms with Gasteiger partial charge in [-0.15, -0.1) is 0 Å². The summed E-state index contributed by atoms with van der Waals surface area (Å²) in [5.74, 6) is 0. The Hall–Kier alpha value is -0.630. The summed E-state index contributed by atoms with van der Waals surface area (Å²) >= 11 is 3.41. The SMILES string of the molecule is CC.Cc1cc(Br)cc(C)c1CC=O. The van der Waals surface area contributed by atoms with Crippen molar-refractivity contribution in [2.24, 2.45) is 0 Å². The fraction of sp³-hybridized carbons (Fsp3) is 0.417. The smallest absolute Gasteiger partial charge is 0.124 e. The zero-order chi connectivity index (χ0) is 11.1. The third kappa shape index (κ3) is 3.62. The zero-order valence-corrected chi connectivity index (χ0v) is 10.8. The molecule has 78 valence electrons. The fourth-order valence-corrected chi connectivity index (χ4v) is 2.03. The van der Waals surface area contributed by atoms with E-state index in [0.717, 1.165) is 16.3 Å². The van der Waals surface area contributed by atoms with Crippen LogP contribution in [0.5, 0.6) is 0 Å². The highest BCUT2D eigenvalue weighted by Gasteiger charge is 2.02. The highest BCUT2D eigenvalue weighted by Crippen LogP contribution is 2.20. The molecule has 14 heavy (non-hydrogen) atoms. The van der Waals surface area contributed by atoms with E-state index >= 15 is 0 Å². The van der Waals surface area contributed by atoms with E-state index in [1.165, 1.54) is 11.1 Å². The molecule has 1 nitrogen and oxygen atoms in total. The second-order valence-corrected chi connectivity index (χ2v) is 3.80. The molecule has 2 heteroatoms. The summed E-state index contributed by atoms with van der Waals surface area (Å²) in [6, 6.07) is 4.07. The van der Waals surface area contributed by atoms with E-state index in [1.807, 2.05) is 39.8 Å². The number of hydrogen-bond acceptors (Lipinski definition) is 1. The third-order valence-corrected chi connectivity index (χ3v) is 2.41. The van der Waals surface area contributed by atoms with Crippen molar-refractivity contribution in [1.29, 1.82) is 0 Å². The number of hydrogen-bond donors (Lipinski definition) is 0. The normalized spacial score (nSPS) is 8.93. The predicted molar refractivity (Wildman–Crippen MR) is 64.7 cm³/mol. The van der Waals surface area contributed by atoms with Gasteiger partial charge in [0.15, 0.2) is 0 Å². The van der Waals surface area contributed by atoms with Gasteiger partial charge in [-0.1, -0.05) is 29.8 Å². The van der Waals surface area contributed by atoms with Crippen LogP contribution >= 0.6 is 15.9 Å². The van der Waals surface area contributed by atoms with Gasteiger partial charge in [-0.2, -0.15) is 0 Å². The van der Waals surface area contributed by atoms with Crippen molar-refractivity contribution >= 4 is 22.2 Å². The molecule has 0 bridgehead atoms. The standard InChI is InChI=1S/C10H11BrO.C2H6/c1-7-5-9(11)6-8(2)10(7)3-4-12;1-2/h4-6H,3H2,1-2H3;1-2H3. The number of carbonyl (C=O) groups excluding carboxylic acids is 1. The summed E-state index contributed by atoms with van der Waals surface area (Å²) in [4.78, 5) is 10.4. The Morgan fingerprint density at radius 2 is 1.64 bits per heavy atom. The summed E-state index contributed by atoms with van der Waals surface area (Å²) in [5, 5.41) is 0. The zero-order valence-electron chi connectivity index (χ0n) is 9.23. The van der Waals surface area contributed by atoms with Gasteiger partial charge in [-0.25, -0.2) is 0 Å². The maximum atomic E-state index is 10.4. The molecule has 1 aromatic rings. The first-order valence-electron chi connectivity index (χ1n) is 4.84. The van der Waals surface area contributed by atoms with Gasteiger partial charge < -0.3 is 4.79 Å². The van der Waals surface area contributed by atoms with Gasteiger partial charge in [0.2, 0.25) is 0 Å². The van der Waals surface area contributed by atoms with Crippen LogP contribution in [0.15, 0.2) is 16.6 Å². The quantitative estimate of drug-likeness (QED) is 0.736. The van der Waals surface area contributed by atoms with Crippen LogP contribution in [0.3, 0.4) is 0 Å².